The van der Waals surface area contributed by atoms with Crippen molar-refractivity contribution in [3.8, 4) is 0 Å². The second-order valence-electron chi connectivity index (χ2n) is 4.12. The number of benzene rings is 1. The summed E-state index contributed by atoms with van der Waals surface area (Å²) in [5.74, 6) is 0. The highest BCUT2D eigenvalue weighted by atomic mass is 32.2. The summed E-state index contributed by atoms with van der Waals surface area (Å²) in [4.78, 5) is 5.28. The van der Waals surface area contributed by atoms with Crippen molar-refractivity contribution in [2.75, 3.05) is 16.3 Å². The van der Waals surface area contributed by atoms with Gasteiger partial charge in [0, 0.05) is 11.1 Å². The smallest absolute Gasteiger partial charge is 0.229 e. The molecule has 0 fully saturated rings. The van der Waals surface area contributed by atoms with E-state index in [9.17, 15) is 8.42 Å². The Morgan fingerprint density at radius 2 is 1.95 bits per heavy atom. The zero-order valence-electron chi connectivity index (χ0n) is 10.7. The average Bonchev–Trinajstić information content (AvgIpc) is 2.72. The van der Waals surface area contributed by atoms with Crippen LogP contribution in [0.15, 0.2) is 30.5 Å². The van der Waals surface area contributed by atoms with E-state index in [1.54, 1.807) is 23.5 Å². The monoisotopic (exact) mass is 297 g/mol. The van der Waals surface area contributed by atoms with Gasteiger partial charge in [-0.05, 0) is 19.1 Å². The van der Waals surface area contributed by atoms with E-state index in [2.05, 4.69) is 15.0 Å². The molecule has 2 N–H and O–H groups in total. The molecule has 0 amide bonds. The molecule has 0 saturated heterocycles. The van der Waals surface area contributed by atoms with Crippen molar-refractivity contribution in [2.24, 2.45) is 0 Å². The summed E-state index contributed by atoms with van der Waals surface area (Å²) in [6.07, 6.45) is 2.95. The van der Waals surface area contributed by atoms with Gasteiger partial charge in [0.15, 0.2) is 0 Å². The second kappa shape index (κ2) is 5.58. The lowest BCUT2D eigenvalue weighted by Crippen LogP contribution is -2.11. The molecule has 7 heteroatoms. The Kier molecular flexibility index (Phi) is 4.06. The normalized spacial score (nSPS) is 11.3. The van der Waals surface area contributed by atoms with Gasteiger partial charge in [0.05, 0.1) is 29.2 Å². The highest BCUT2D eigenvalue weighted by Crippen LogP contribution is 2.23. The molecular formula is C12H15N3O2S2. The SMILES string of the molecule is Cc1ncc(CNc2ccccc2NS(C)(=O)=O)s1. The molecule has 1 aromatic heterocycles. The molecule has 0 bridgehead atoms. The van der Waals surface area contributed by atoms with Crippen molar-refractivity contribution < 1.29 is 8.42 Å². The maximum Gasteiger partial charge on any atom is 0.229 e. The lowest BCUT2D eigenvalue weighted by molar-refractivity contribution is 0.607. The molecule has 0 aliphatic rings. The van der Waals surface area contributed by atoms with Crippen LogP contribution in [-0.4, -0.2) is 19.7 Å². The van der Waals surface area contributed by atoms with Crippen LogP contribution in [0.25, 0.3) is 0 Å². The van der Waals surface area contributed by atoms with Gasteiger partial charge < -0.3 is 5.32 Å². The largest absolute Gasteiger partial charge is 0.378 e. The van der Waals surface area contributed by atoms with Crippen LogP contribution in [0, 0.1) is 6.92 Å². The van der Waals surface area contributed by atoms with E-state index in [0.717, 1.165) is 21.8 Å². The highest BCUT2D eigenvalue weighted by Gasteiger charge is 2.07. The molecule has 0 spiro atoms. The number of aryl methyl sites for hydroxylation is 1. The first-order valence-corrected chi connectivity index (χ1v) is 8.37. The number of rotatable bonds is 5. The van der Waals surface area contributed by atoms with Crippen LogP contribution in [0.5, 0.6) is 0 Å². The molecule has 1 aromatic carbocycles. The minimum absolute atomic E-state index is 0.547. The van der Waals surface area contributed by atoms with Gasteiger partial charge in [0.25, 0.3) is 0 Å². The van der Waals surface area contributed by atoms with Crippen LogP contribution in [0.2, 0.25) is 0 Å². The third-order valence-corrected chi connectivity index (χ3v) is 3.85. The maximum absolute atomic E-state index is 11.3. The fourth-order valence-electron chi connectivity index (χ4n) is 1.60. The fourth-order valence-corrected chi connectivity index (χ4v) is 2.91. The number of sulfonamides is 1. The molecule has 5 nitrogen and oxygen atoms in total. The molecule has 0 saturated carbocycles. The van der Waals surface area contributed by atoms with Crippen molar-refractivity contribution in [3.63, 3.8) is 0 Å². The Bertz CT molecular complexity index is 665. The Hall–Kier alpha value is -1.60. The second-order valence-corrected chi connectivity index (χ2v) is 7.19. The minimum Gasteiger partial charge on any atom is -0.378 e. The van der Waals surface area contributed by atoms with E-state index in [1.165, 1.54) is 0 Å². The summed E-state index contributed by atoms with van der Waals surface area (Å²) in [6.45, 7) is 2.57. The molecule has 0 aliphatic carbocycles. The first-order chi connectivity index (χ1) is 8.94. The van der Waals surface area contributed by atoms with Crippen LogP contribution in [-0.2, 0) is 16.6 Å². The molecule has 102 valence electrons. The maximum atomic E-state index is 11.3. The van der Waals surface area contributed by atoms with Crippen molar-refractivity contribution in [1.29, 1.82) is 0 Å². The standard InChI is InChI=1S/C12H15N3O2S2/c1-9-13-7-10(18-9)8-14-11-5-3-4-6-12(11)15-19(2,16)17/h3-7,14-15H,8H2,1-2H3. The Morgan fingerprint density at radius 1 is 1.26 bits per heavy atom. The Balaban J connectivity index is 2.11. The molecule has 0 aliphatic heterocycles. The first-order valence-electron chi connectivity index (χ1n) is 5.66. The molecule has 2 aromatic rings. The number of thiazole rings is 1. The number of anilines is 2. The summed E-state index contributed by atoms with van der Waals surface area (Å²) in [5.41, 5.74) is 1.30. The average molecular weight is 297 g/mol. The van der Waals surface area contributed by atoms with Crippen molar-refractivity contribution in [2.45, 2.75) is 13.5 Å². The van der Waals surface area contributed by atoms with Gasteiger partial charge in [-0.1, -0.05) is 12.1 Å². The van der Waals surface area contributed by atoms with Crippen molar-refractivity contribution in [1.82, 2.24) is 4.98 Å². The summed E-state index contributed by atoms with van der Waals surface area (Å²) < 4.78 is 25.1. The summed E-state index contributed by atoms with van der Waals surface area (Å²) in [7, 11) is -3.28. The van der Waals surface area contributed by atoms with Gasteiger partial charge in [-0.25, -0.2) is 13.4 Å². The topological polar surface area (TPSA) is 71.1 Å². The third-order valence-electron chi connectivity index (χ3n) is 2.34. The van der Waals surface area contributed by atoms with Crippen molar-refractivity contribution in [3.05, 3.63) is 40.3 Å². The zero-order chi connectivity index (χ0) is 13.9. The predicted molar refractivity (Wildman–Crippen MR) is 79.1 cm³/mol. The molecule has 0 radical (unpaired) electrons. The number of hydrogen-bond donors (Lipinski definition) is 2. The van der Waals surface area contributed by atoms with Gasteiger partial charge in [-0.3, -0.25) is 4.72 Å². The van der Waals surface area contributed by atoms with Gasteiger partial charge in [-0.15, -0.1) is 11.3 Å². The van der Waals surface area contributed by atoms with Crippen LogP contribution >= 0.6 is 11.3 Å². The predicted octanol–water partition coefficient (Wildman–Crippen LogP) is 2.44. The molecule has 0 atom stereocenters. The van der Waals surface area contributed by atoms with Crippen LogP contribution in [0.4, 0.5) is 11.4 Å². The lowest BCUT2D eigenvalue weighted by Gasteiger charge is -2.11. The molecule has 19 heavy (non-hydrogen) atoms. The lowest BCUT2D eigenvalue weighted by atomic mass is 10.2. The molecular weight excluding hydrogens is 282 g/mol. The van der Waals surface area contributed by atoms with Crippen LogP contribution in [0.1, 0.15) is 9.88 Å². The molecule has 0 unspecified atom stereocenters. The number of para-hydroxylation sites is 2. The molecule has 2 rings (SSSR count). The van der Waals surface area contributed by atoms with E-state index >= 15 is 0 Å². The summed E-state index contributed by atoms with van der Waals surface area (Å²) >= 11 is 1.61. The number of nitrogens with one attached hydrogen (secondary N) is 2. The number of nitrogens with zero attached hydrogens (tertiary/aromatic N) is 1. The first kappa shape index (κ1) is 13.8. The van der Waals surface area contributed by atoms with Gasteiger partial charge in [0.1, 0.15) is 0 Å². The van der Waals surface area contributed by atoms with E-state index in [0.29, 0.717) is 12.2 Å². The van der Waals surface area contributed by atoms with Gasteiger partial charge in [0.2, 0.25) is 10.0 Å². The summed E-state index contributed by atoms with van der Waals surface area (Å²) in [6, 6.07) is 7.20. The Labute approximate surface area is 116 Å². The Morgan fingerprint density at radius 3 is 2.53 bits per heavy atom. The van der Waals surface area contributed by atoms with Gasteiger partial charge in [-0.2, -0.15) is 0 Å². The number of hydrogen-bond acceptors (Lipinski definition) is 5. The molecule has 1 heterocycles. The minimum atomic E-state index is -3.28. The number of aromatic nitrogens is 1. The van der Waals surface area contributed by atoms with E-state index < -0.39 is 10.0 Å². The summed E-state index contributed by atoms with van der Waals surface area (Å²) in [5, 5.41) is 4.22. The van der Waals surface area contributed by atoms with E-state index in [-0.39, 0.29) is 0 Å². The zero-order valence-corrected chi connectivity index (χ0v) is 12.3. The highest BCUT2D eigenvalue weighted by molar-refractivity contribution is 7.92. The van der Waals surface area contributed by atoms with Gasteiger partial charge >= 0.3 is 0 Å². The quantitative estimate of drug-likeness (QED) is 0.889. The van der Waals surface area contributed by atoms with Crippen molar-refractivity contribution >= 4 is 32.7 Å². The van der Waals surface area contributed by atoms with Crippen LogP contribution in [0.3, 0.4) is 0 Å². The van der Waals surface area contributed by atoms with E-state index in [1.807, 2.05) is 25.3 Å². The van der Waals surface area contributed by atoms with Crippen LogP contribution < -0.4 is 10.0 Å². The fraction of sp³-hybridized carbons (Fsp3) is 0.250. The van der Waals surface area contributed by atoms with E-state index in [4.69, 9.17) is 0 Å². The third kappa shape index (κ3) is 4.22.